The minimum atomic E-state index is -0.349. The Bertz CT molecular complexity index is 2160. The zero-order valence-corrected chi connectivity index (χ0v) is 45.8. The van der Waals surface area contributed by atoms with Crippen LogP contribution in [0.3, 0.4) is 0 Å². The molecule has 2 aliphatic carbocycles. The van der Waals surface area contributed by atoms with Crippen LogP contribution in [0.2, 0.25) is 0 Å². The Balaban J connectivity index is 0.000000225. The van der Waals surface area contributed by atoms with Crippen molar-refractivity contribution in [3.8, 4) is 0 Å². The first-order valence-corrected chi connectivity index (χ1v) is 26.8. The molecule has 2 aromatic rings. The van der Waals surface area contributed by atoms with Crippen molar-refractivity contribution in [1.29, 1.82) is 0 Å². The van der Waals surface area contributed by atoms with Gasteiger partial charge in [0.25, 0.3) is 0 Å². The molecule has 4 heterocycles. The maximum atomic E-state index is 12.7. The number of thioether (sulfide) groups is 1. The van der Waals surface area contributed by atoms with Gasteiger partial charge in [-0.3, -0.25) is 19.2 Å². The van der Waals surface area contributed by atoms with Gasteiger partial charge in [0.05, 0.1) is 85.4 Å². The highest BCUT2D eigenvalue weighted by atomic mass is 35.5. The van der Waals surface area contributed by atoms with Crippen molar-refractivity contribution in [1.82, 2.24) is 10.6 Å². The molecule has 394 valence electrons. The van der Waals surface area contributed by atoms with E-state index < -0.39 is 0 Å². The third-order valence-electron chi connectivity index (χ3n) is 14.3. The molecule has 0 bridgehead atoms. The number of amides is 2. The van der Waals surface area contributed by atoms with E-state index in [0.29, 0.717) is 18.9 Å². The van der Waals surface area contributed by atoms with Gasteiger partial charge in [-0.1, -0.05) is 37.1 Å². The number of methoxy groups -OCH3 is 2. The molecule has 8 rings (SSSR count). The number of epoxide rings is 4. The summed E-state index contributed by atoms with van der Waals surface area (Å²) >= 11 is 11.0. The smallest absolute Gasteiger partial charge is 0.227 e. The fourth-order valence-corrected chi connectivity index (χ4v) is 11.5. The zero-order valence-electron chi connectivity index (χ0n) is 43.3. The van der Waals surface area contributed by atoms with Gasteiger partial charge in [-0.15, -0.1) is 36.0 Å². The van der Waals surface area contributed by atoms with Crippen LogP contribution in [-0.4, -0.2) is 121 Å². The molecule has 2 aromatic carbocycles. The number of nitrogen functional groups attached to an aromatic ring is 2. The third-order valence-corrected chi connectivity index (χ3v) is 16.0. The molecular weight excluding hydrogens is 964 g/mol. The summed E-state index contributed by atoms with van der Waals surface area (Å²) in [5.74, 6) is -0.800. The van der Waals surface area contributed by atoms with E-state index in [-0.39, 0.29) is 119 Å². The Morgan fingerprint density at radius 3 is 1.46 bits per heavy atom. The summed E-state index contributed by atoms with van der Waals surface area (Å²) in [7, 11) is 3.35. The highest BCUT2D eigenvalue weighted by molar-refractivity contribution is 8.00. The molecule has 6 N–H and O–H groups in total. The van der Waals surface area contributed by atoms with E-state index in [9.17, 15) is 19.2 Å². The average molecular weight is 1040 g/mol. The Labute approximate surface area is 436 Å². The van der Waals surface area contributed by atoms with Crippen molar-refractivity contribution < 1.29 is 47.6 Å². The number of ketones is 2. The minimum Gasteiger partial charge on any atom is -0.399 e. The van der Waals surface area contributed by atoms with Gasteiger partial charge in [0.2, 0.25) is 11.8 Å². The molecule has 6 fully saturated rings. The first-order chi connectivity index (χ1) is 33.7. The molecule has 6 aliphatic rings. The van der Waals surface area contributed by atoms with Gasteiger partial charge in [0.1, 0.15) is 11.2 Å². The largest absolute Gasteiger partial charge is 0.399 e. The quantitative estimate of drug-likeness (QED) is 0.0181. The number of thiol groups is 1. The van der Waals surface area contributed by atoms with Gasteiger partial charge in [-0.05, 0) is 129 Å². The minimum absolute atomic E-state index is 0.0244. The molecule has 2 saturated carbocycles. The lowest BCUT2D eigenvalue weighted by Gasteiger charge is -2.43. The highest BCUT2D eigenvalue weighted by Gasteiger charge is 2.73. The Hall–Kier alpha value is -3.45. The number of carbonyl (C=O) groups excluding carboxylic acids is 4. The van der Waals surface area contributed by atoms with Crippen molar-refractivity contribution >= 4 is 70.7 Å². The monoisotopic (exact) mass is 1040 g/mol. The van der Waals surface area contributed by atoms with E-state index in [1.165, 1.54) is 22.9 Å². The summed E-state index contributed by atoms with van der Waals surface area (Å²) < 4.78 is 36.1. The van der Waals surface area contributed by atoms with E-state index >= 15 is 0 Å². The Kier molecular flexibility index (Phi) is 21.1. The number of halogens is 1. The number of ether oxygens (including phenoxy) is 6. The van der Waals surface area contributed by atoms with Crippen LogP contribution in [0.5, 0.6) is 0 Å². The fourth-order valence-electron chi connectivity index (χ4n) is 10.5. The van der Waals surface area contributed by atoms with E-state index in [0.717, 1.165) is 54.0 Å². The Morgan fingerprint density at radius 1 is 0.718 bits per heavy atom. The molecule has 2 amide bonds. The molecule has 0 radical (unpaired) electrons. The molecule has 12 atom stereocenters. The first kappa shape index (κ1) is 58.4. The second-order valence-electron chi connectivity index (χ2n) is 20.1. The number of allylic oxidation sites excluding steroid dienone is 2. The van der Waals surface area contributed by atoms with E-state index in [4.69, 9.17) is 51.5 Å². The standard InChI is InChI=1S/C26H36N2O5S.C20H30ClNO5.C6H7NS.C2H6/c1-16(2)5-10-21-25(3,33-21)24-23(31-4)20(11-12-26(24)15-32-26)28-22(30)13-18(29)14-34-19-8-6-17(27)7-9-19;1-12(2)5-6-15-19(3,27-15)18-17(25-4)14(7-8-20(18)11-26-20)22-16(24)9-13(23)10-21;7-5-1-3-6(8)4-2-5;1-2/h5-9,20-21,23-24H,10-15,27H2,1-4H3,(H,28,30);5,14-15,17-18H,6-11H2,1-4H3,(H,22,24);1-4,8H,7H2;1-2H3/t20-,21-,23-,24?,25+,26+;14-,15-,17-,18-,19+,20+;;/m11../s1. The molecular formula is C54H79ClN4O10S2. The second-order valence-corrected chi connectivity index (χ2v) is 21.9. The number of rotatable bonds is 18. The fraction of sp³-hybridized carbons (Fsp3) is 0.630. The molecule has 71 heavy (non-hydrogen) atoms. The number of alkyl halides is 1. The zero-order chi connectivity index (χ0) is 52.3. The summed E-state index contributed by atoms with van der Waals surface area (Å²) in [4.78, 5) is 50.7. The van der Waals surface area contributed by atoms with Crippen LogP contribution in [0.15, 0.2) is 81.6 Å². The molecule has 14 nitrogen and oxygen atoms in total. The second kappa shape index (κ2) is 25.7. The van der Waals surface area contributed by atoms with Crippen molar-refractivity contribution in [2.24, 2.45) is 11.8 Å². The number of hydrogen-bond acceptors (Lipinski definition) is 14. The van der Waals surface area contributed by atoms with E-state index in [1.807, 2.05) is 50.2 Å². The van der Waals surface area contributed by atoms with Crippen molar-refractivity contribution in [2.75, 3.05) is 50.5 Å². The Morgan fingerprint density at radius 2 is 1.11 bits per heavy atom. The van der Waals surface area contributed by atoms with Gasteiger partial charge in [-0.2, -0.15) is 0 Å². The SMILES string of the molecule is CC.CO[C@@H]1[C@H](NC(=O)CC(=O)CCl)CC[C@]2(CO2)[C@H]1[C@@]1(C)O[C@@H]1CC=C(C)C.CO[C@H]1C([C@@]2(C)O[C@@H]2CC=C(C)C)[C@]2(CC[C@H]1NC(=O)CC(=O)CSc1ccc(N)cc1)CO2.Nc1ccc(S)cc1. The maximum absolute atomic E-state index is 12.7. The van der Waals surface area contributed by atoms with Crippen molar-refractivity contribution in [2.45, 2.75) is 175 Å². The number of anilines is 2. The van der Waals surface area contributed by atoms with Gasteiger partial charge in [0.15, 0.2) is 11.6 Å². The van der Waals surface area contributed by atoms with Crippen LogP contribution < -0.4 is 22.1 Å². The number of nitrogens with two attached hydrogens (primary N) is 2. The molecule has 4 aliphatic heterocycles. The lowest BCUT2D eigenvalue weighted by atomic mass is 9.67. The predicted molar refractivity (Wildman–Crippen MR) is 284 cm³/mol. The number of carbonyl (C=O) groups is 4. The summed E-state index contributed by atoms with van der Waals surface area (Å²) in [5.41, 5.74) is 14.0. The average Bonchev–Trinajstić information content (AvgIpc) is 4.23. The van der Waals surface area contributed by atoms with Crippen LogP contribution >= 0.6 is 36.0 Å². The lowest BCUT2D eigenvalue weighted by Crippen LogP contribution is -2.59. The first-order valence-electron chi connectivity index (χ1n) is 24.9. The van der Waals surface area contributed by atoms with Crippen LogP contribution in [0.1, 0.15) is 107 Å². The van der Waals surface area contributed by atoms with Crippen molar-refractivity contribution in [3.05, 3.63) is 71.8 Å². The lowest BCUT2D eigenvalue weighted by molar-refractivity contribution is -0.131. The normalized spacial score (nSPS) is 32.5. The predicted octanol–water partition coefficient (Wildman–Crippen LogP) is 8.47. The van der Waals surface area contributed by atoms with Gasteiger partial charge in [-0.25, -0.2) is 0 Å². The molecule has 1 unspecified atom stereocenters. The third kappa shape index (κ3) is 15.5. The number of nitrogens with one attached hydrogen (secondary N) is 2. The summed E-state index contributed by atoms with van der Waals surface area (Å²) in [6.07, 6.45) is 8.77. The molecule has 2 spiro atoms. The number of benzene rings is 2. The van der Waals surface area contributed by atoms with E-state index in [2.05, 4.69) is 77.0 Å². The summed E-state index contributed by atoms with van der Waals surface area (Å²) in [6, 6.07) is 14.4. The summed E-state index contributed by atoms with van der Waals surface area (Å²) in [5, 5.41) is 6.06. The van der Waals surface area contributed by atoms with Crippen LogP contribution in [0.25, 0.3) is 0 Å². The van der Waals surface area contributed by atoms with Crippen LogP contribution in [-0.2, 0) is 47.6 Å². The van der Waals surface area contributed by atoms with E-state index in [1.54, 1.807) is 26.4 Å². The van der Waals surface area contributed by atoms with Crippen LogP contribution in [0, 0.1) is 11.8 Å². The van der Waals surface area contributed by atoms with Gasteiger partial charge < -0.3 is 50.5 Å². The summed E-state index contributed by atoms with van der Waals surface area (Å²) in [6.45, 7) is 18.0. The highest BCUT2D eigenvalue weighted by Crippen LogP contribution is 2.60. The maximum Gasteiger partial charge on any atom is 0.227 e. The molecule has 4 saturated heterocycles. The molecule has 0 aromatic heterocycles. The van der Waals surface area contributed by atoms with Gasteiger partial charge in [0, 0.05) is 47.2 Å². The molecule has 17 heteroatoms. The van der Waals surface area contributed by atoms with Gasteiger partial charge >= 0.3 is 0 Å². The van der Waals surface area contributed by atoms with Crippen LogP contribution in [0.4, 0.5) is 11.4 Å². The van der Waals surface area contributed by atoms with Crippen molar-refractivity contribution in [3.63, 3.8) is 0 Å². The number of hydrogen-bond donors (Lipinski definition) is 5. The number of Topliss-reactive ketones (excluding diaryl/α,β-unsaturated/α-hetero) is 2. The topological polar surface area (TPSA) is 213 Å².